The Morgan fingerprint density at radius 3 is 2.62 bits per heavy atom. The maximum atomic E-state index is 5.88. The molecule has 1 aliphatic rings. The lowest BCUT2D eigenvalue weighted by Crippen LogP contribution is -2.34. The highest BCUT2D eigenvalue weighted by molar-refractivity contribution is 5.37. The van der Waals surface area contributed by atoms with Crippen molar-refractivity contribution in [2.24, 2.45) is 5.84 Å². The highest BCUT2D eigenvalue weighted by Gasteiger charge is 2.28. The van der Waals surface area contributed by atoms with Crippen molar-refractivity contribution in [1.29, 1.82) is 0 Å². The minimum Gasteiger partial charge on any atom is -0.497 e. The van der Waals surface area contributed by atoms with Crippen LogP contribution in [0.15, 0.2) is 48.5 Å². The van der Waals surface area contributed by atoms with Crippen LogP contribution in [-0.2, 0) is 6.42 Å². The quantitative estimate of drug-likeness (QED) is 0.668. The van der Waals surface area contributed by atoms with Crippen LogP contribution in [-0.4, -0.2) is 7.11 Å². The van der Waals surface area contributed by atoms with Crippen LogP contribution < -0.4 is 16.0 Å². The molecular weight excluding hydrogens is 260 g/mol. The Morgan fingerprint density at radius 1 is 1.14 bits per heavy atom. The van der Waals surface area contributed by atoms with Crippen LogP contribution in [0.3, 0.4) is 0 Å². The van der Waals surface area contributed by atoms with Gasteiger partial charge in [0.25, 0.3) is 0 Å². The van der Waals surface area contributed by atoms with Crippen LogP contribution in [0, 0.1) is 0 Å². The topological polar surface area (TPSA) is 47.3 Å². The Balaban J connectivity index is 1.93. The molecule has 110 valence electrons. The predicted octanol–water partition coefficient (Wildman–Crippen LogP) is 3.32. The van der Waals surface area contributed by atoms with Crippen LogP contribution in [0.25, 0.3) is 0 Å². The van der Waals surface area contributed by atoms with Gasteiger partial charge in [-0.2, -0.15) is 0 Å². The lowest BCUT2D eigenvalue weighted by atomic mass is 9.77. The van der Waals surface area contributed by atoms with Crippen molar-refractivity contribution in [3.05, 3.63) is 65.2 Å². The highest BCUT2D eigenvalue weighted by atomic mass is 16.5. The highest BCUT2D eigenvalue weighted by Crippen LogP contribution is 2.40. The van der Waals surface area contributed by atoms with E-state index in [-0.39, 0.29) is 6.04 Å². The molecule has 0 aromatic heterocycles. The van der Waals surface area contributed by atoms with E-state index in [1.54, 1.807) is 7.11 Å². The molecule has 3 nitrogen and oxygen atoms in total. The van der Waals surface area contributed by atoms with Gasteiger partial charge in [0, 0.05) is 5.92 Å². The normalized spacial score (nSPS) is 18.9. The van der Waals surface area contributed by atoms with E-state index in [0.29, 0.717) is 5.92 Å². The Bertz CT molecular complexity index is 594. The molecule has 3 heteroatoms. The molecule has 0 aliphatic heterocycles. The lowest BCUT2D eigenvalue weighted by Gasteiger charge is -2.32. The van der Waals surface area contributed by atoms with Gasteiger partial charge in [0.1, 0.15) is 5.75 Å². The summed E-state index contributed by atoms with van der Waals surface area (Å²) in [6, 6.07) is 17.1. The van der Waals surface area contributed by atoms with E-state index in [4.69, 9.17) is 10.6 Å². The monoisotopic (exact) mass is 282 g/mol. The number of hydrogen-bond donors (Lipinski definition) is 2. The molecule has 0 heterocycles. The fourth-order valence-corrected chi connectivity index (χ4v) is 3.39. The molecule has 0 bridgehead atoms. The van der Waals surface area contributed by atoms with Crippen molar-refractivity contribution in [2.75, 3.05) is 7.11 Å². The van der Waals surface area contributed by atoms with E-state index in [0.717, 1.165) is 12.2 Å². The zero-order chi connectivity index (χ0) is 14.7. The molecule has 2 aromatic carbocycles. The summed E-state index contributed by atoms with van der Waals surface area (Å²) in [4.78, 5) is 0. The SMILES string of the molecule is COc1ccc(C(NN)C2CCCc3ccccc32)cc1. The van der Waals surface area contributed by atoms with Crippen molar-refractivity contribution < 1.29 is 4.74 Å². The first-order chi connectivity index (χ1) is 10.3. The number of aryl methyl sites for hydroxylation is 1. The molecule has 2 aromatic rings. The first kappa shape index (κ1) is 14.1. The Morgan fingerprint density at radius 2 is 1.90 bits per heavy atom. The molecule has 0 saturated heterocycles. The largest absolute Gasteiger partial charge is 0.497 e. The average molecular weight is 282 g/mol. The summed E-state index contributed by atoms with van der Waals surface area (Å²) in [5.41, 5.74) is 7.13. The fraction of sp³-hybridized carbons (Fsp3) is 0.333. The first-order valence-corrected chi connectivity index (χ1v) is 7.51. The van der Waals surface area contributed by atoms with Crippen molar-refractivity contribution in [3.8, 4) is 5.75 Å². The van der Waals surface area contributed by atoms with Gasteiger partial charge in [-0.05, 0) is 48.1 Å². The van der Waals surface area contributed by atoms with Crippen molar-refractivity contribution >= 4 is 0 Å². The fourth-order valence-electron chi connectivity index (χ4n) is 3.39. The van der Waals surface area contributed by atoms with Gasteiger partial charge in [-0.25, -0.2) is 0 Å². The number of ether oxygens (including phenoxy) is 1. The molecule has 21 heavy (non-hydrogen) atoms. The summed E-state index contributed by atoms with van der Waals surface area (Å²) >= 11 is 0. The van der Waals surface area contributed by atoms with E-state index < -0.39 is 0 Å². The van der Waals surface area contributed by atoms with Crippen LogP contribution >= 0.6 is 0 Å². The van der Waals surface area contributed by atoms with Crippen molar-refractivity contribution in [2.45, 2.75) is 31.2 Å². The number of nitrogens with one attached hydrogen (secondary N) is 1. The summed E-state index contributed by atoms with van der Waals surface area (Å²) in [5, 5.41) is 0. The van der Waals surface area contributed by atoms with Gasteiger partial charge in [-0.1, -0.05) is 36.4 Å². The predicted molar refractivity (Wildman–Crippen MR) is 85.2 cm³/mol. The number of hydrazine groups is 1. The minimum atomic E-state index is 0.136. The Hall–Kier alpha value is -1.84. The van der Waals surface area contributed by atoms with Crippen molar-refractivity contribution in [1.82, 2.24) is 5.43 Å². The summed E-state index contributed by atoms with van der Waals surface area (Å²) in [5.74, 6) is 7.18. The Kier molecular flexibility index (Phi) is 4.23. The van der Waals surface area contributed by atoms with Gasteiger partial charge >= 0.3 is 0 Å². The second-order valence-electron chi connectivity index (χ2n) is 5.62. The molecular formula is C18H22N2O. The molecule has 0 spiro atoms. The number of benzene rings is 2. The van der Waals surface area contributed by atoms with E-state index >= 15 is 0 Å². The van der Waals surface area contributed by atoms with Gasteiger partial charge in [0.2, 0.25) is 0 Å². The van der Waals surface area contributed by atoms with Gasteiger partial charge in [0.15, 0.2) is 0 Å². The number of nitrogens with two attached hydrogens (primary N) is 1. The molecule has 2 atom stereocenters. The van der Waals surface area contributed by atoms with Gasteiger partial charge in [-0.15, -0.1) is 0 Å². The lowest BCUT2D eigenvalue weighted by molar-refractivity contribution is 0.403. The smallest absolute Gasteiger partial charge is 0.118 e. The molecule has 1 aliphatic carbocycles. The van der Waals surface area contributed by atoms with Gasteiger partial charge < -0.3 is 4.74 Å². The van der Waals surface area contributed by atoms with E-state index in [9.17, 15) is 0 Å². The third kappa shape index (κ3) is 2.80. The molecule has 0 amide bonds. The molecule has 0 fully saturated rings. The third-order valence-corrected chi connectivity index (χ3v) is 4.47. The number of fused-ring (bicyclic) bond motifs is 1. The van der Waals surface area contributed by atoms with Crippen LogP contribution in [0.2, 0.25) is 0 Å². The van der Waals surface area contributed by atoms with Crippen LogP contribution in [0.4, 0.5) is 0 Å². The molecule has 3 N–H and O–H groups in total. The number of hydrogen-bond acceptors (Lipinski definition) is 3. The molecule has 0 saturated carbocycles. The first-order valence-electron chi connectivity index (χ1n) is 7.51. The number of methoxy groups -OCH3 is 1. The maximum Gasteiger partial charge on any atom is 0.118 e. The van der Waals surface area contributed by atoms with E-state index in [1.807, 2.05) is 12.1 Å². The summed E-state index contributed by atoms with van der Waals surface area (Å²) in [6.07, 6.45) is 3.56. The second kappa shape index (κ2) is 6.29. The van der Waals surface area contributed by atoms with Crippen LogP contribution in [0.1, 0.15) is 41.5 Å². The summed E-state index contributed by atoms with van der Waals surface area (Å²) < 4.78 is 5.23. The van der Waals surface area contributed by atoms with Crippen LogP contribution in [0.5, 0.6) is 5.75 Å². The zero-order valence-corrected chi connectivity index (χ0v) is 12.4. The summed E-state index contributed by atoms with van der Waals surface area (Å²) in [6.45, 7) is 0. The third-order valence-electron chi connectivity index (χ3n) is 4.47. The Labute approximate surface area is 126 Å². The molecule has 2 unspecified atom stereocenters. The maximum absolute atomic E-state index is 5.88. The van der Waals surface area contributed by atoms with Gasteiger partial charge in [0.05, 0.1) is 13.2 Å². The molecule has 3 rings (SSSR count). The van der Waals surface area contributed by atoms with E-state index in [2.05, 4.69) is 41.8 Å². The van der Waals surface area contributed by atoms with E-state index in [1.165, 1.54) is 29.5 Å². The molecule has 0 radical (unpaired) electrons. The zero-order valence-electron chi connectivity index (χ0n) is 12.4. The summed E-state index contributed by atoms with van der Waals surface area (Å²) in [7, 11) is 1.69. The standard InChI is InChI=1S/C18H22N2O/c1-21-15-11-9-14(10-12-15)18(20-19)17-8-4-6-13-5-2-3-7-16(13)17/h2-3,5,7,9-12,17-18,20H,4,6,8,19H2,1H3. The van der Waals surface area contributed by atoms with Gasteiger partial charge in [-0.3, -0.25) is 11.3 Å². The van der Waals surface area contributed by atoms with Crippen molar-refractivity contribution in [3.63, 3.8) is 0 Å². The average Bonchev–Trinajstić information content (AvgIpc) is 2.56. The number of rotatable bonds is 4. The second-order valence-corrected chi connectivity index (χ2v) is 5.62. The minimum absolute atomic E-state index is 0.136.